The van der Waals surface area contributed by atoms with Crippen LogP contribution in [0.15, 0.2) is 0 Å². The van der Waals surface area contributed by atoms with Crippen molar-refractivity contribution >= 4 is 22.2 Å². The van der Waals surface area contributed by atoms with Crippen molar-refractivity contribution in [3.63, 3.8) is 0 Å². The Bertz CT molecular complexity index is 104. The van der Waals surface area contributed by atoms with Gasteiger partial charge in [-0.1, -0.05) is 20.8 Å². The summed E-state index contributed by atoms with van der Waals surface area (Å²) in [5.41, 5.74) is 0.0187. The predicted octanol–water partition coefficient (Wildman–Crippen LogP) is 2.28. The Labute approximate surface area is 64.0 Å². The molecule has 0 N–H and O–H groups in total. The van der Waals surface area contributed by atoms with Gasteiger partial charge in [0.15, 0.2) is 16.3 Å². The normalized spacial score (nSPS) is 11.1. The van der Waals surface area contributed by atoms with Crippen LogP contribution in [-0.4, -0.2) is 5.97 Å². The molecule has 0 amide bonds. The van der Waals surface area contributed by atoms with E-state index in [0.29, 0.717) is 6.42 Å². The van der Waals surface area contributed by atoms with Crippen molar-refractivity contribution in [3.8, 4) is 0 Å². The van der Waals surface area contributed by atoms with Gasteiger partial charge in [0.2, 0.25) is 0 Å². The molecule has 0 saturated heterocycles. The maximum atomic E-state index is 10.6. The van der Waals surface area contributed by atoms with Crippen LogP contribution in [0.25, 0.3) is 0 Å². The first kappa shape index (κ1) is 8.95. The summed E-state index contributed by atoms with van der Waals surface area (Å²) in [5.74, 6) is -0.220. The van der Waals surface area contributed by atoms with Crippen molar-refractivity contribution < 1.29 is 8.62 Å². The lowest BCUT2D eigenvalue weighted by Gasteiger charge is -2.14. The molecule has 0 spiro atoms. The molecule has 3 heteroatoms. The molecule has 0 bridgehead atoms. The lowest BCUT2D eigenvalue weighted by atomic mass is 9.93. The molecule has 0 saturated carbocycles. The Morgan fingerprint density at radius 3 is 2.11 bits per heavy atom. The van der Waals surface area contributed by atoms with Gasteiger partial charge >= 0.3 is 5.97 Å². The summed E-state index contributed by atoms with van der Waals surface area (Å²) >= 11 is 2.62. The van der Waals surface area contributed by atoms with Gasteiger partial charge in [0.25, 0.3) is 0 Å². The van der Waals surface area contributed by atoms with Crippen LogP contribution in [0.3, 0.4) is 0 Å². The molecule has 0 rings (SSSR count). The minimum Gasteiger partial charge on any atom is -0.384 e. The summed E-state index contributed by atoms with van der Waals surface area (Å²) in [6.45, 7) is 5.95. The van der Waals surface area contributed by atoms with Crippen molar-refractivity contribution in [2.45, 2.75) is 27.2 Å². The molecule has 0 radical (unpaired) electrons. The van der Waals surface area contributed by atoms with Gasteiger partial charge in [0, 0.05) is 0 Å². The molecule has 0 aromatic carbocycles. The molecule has 0 heterocycles. The zero-order valence-corrected chi connectivity index (χ0v) is 7.49. The zero-order chi connectivity index (χ0) is 7.49. The van der Waals surface area contributed by atoms with Crippen LogP contribution in [0.2, 0.25) is 0 Å². The first-order valence-corrected chi connectivity index (χ1v) is 3.42. The number of halogens is 1. The van der Waals surface area contributed by atoms with Crippen LogP contribution < -0.4 is 0 Å². The van der Waals surface area contributed by atoms with Crippen molar-refractivity contribution in [3.05, 3.63) is 0 Å². The fourth-order valence-electron chi connectivity index (χ4n) is 0.460. The van der Waals surface area contributed by atoms with Gasteiger partial charge in [-0.15, -0.1) is 0 Å². The molecule has 54 valence electrons. The zero-order valence-electron chi connectivity index (χ0n) is 5.90. The fraction of sp³-hybridized carbons (Fsp3) is 0.833. The Morgan fingerprint density at radius 1 is 1.56 bits per heavy atom. The number of carbonyl (C=O) groups is 1. The quantitative estimate of drug-likeness (QED) is 0.641. The lowest BCUT2D eigenvalue weighted by molar-refractivity contribution is -0.134. The summed E-state index contributed by atoms with van der Waals surface area (Å²) in [5, 5.41) is 0. The number of hydrogen-bond acceptors (Lipinski definition) is 2. The minimum absolute atomic E-state index is 0.0187. The summed E-state index contributed by atoms with van der Waals surface area (Å²) in [6.07, 6.45) is 0.443. The molecule has 0 fully saturated rings. The van der Waals surface area contributed by atoms with Gasteiger partial charge in [-0.05, 0) is 5.41 Å². The Hall–Kier alpha value is -0.0500. The summed E-state index contributed by atoms with van der Waals surface area (Å²) in [7, 11) is 0. The van der Waals surface area contributed by atoms with Crippen LogP contribution in [0.4, 0.5) is 0 Å². The molecular formula is C6H11BrO2. The van der Waals surface area contributed by atoms with Crippen LogP contribution in [-0.2, 0) is 8.62 Å². The summed E-state index contributed by atoms with van der Waals surface area (Å²) in [6, 6.07) is 0. The van der Waals surface area contributed by atoms with E-state index in [9.17, 15) is 4.79 Å². The van der Waals surface area contributed by atoms with E-state index in [1.165, 1.54) is 0 Å². The minimum atomic E-state index is -0.220. The topological polar surface area (TPSA) is 26.3 Å². The van der Waals surface area contributed by atoms with E-state index in [-0.39, 0.29) is 11.4 Å². The molecule has 0 aliphatic heterocycles. The van der Waals surface area contributed by atoms with Gasteiger partial charge in [-0.25, -0.2) is 0 Å². The lowest BCUT2D eigenvalue weighted by Crippen LogP contribution is -2.12. The molecule has 9 heavy (non-hydrogen) atoms. The first-order valence-electron chi connectivity index (χ1n) is 2.77. The van der Waals surface area contributed by atoms with Gasteiger partial charge in [-0.2, -0.15) is 0 Å². The third-order valence-electron chi connectivity index (χ3n) is 0.761. The van der Waals surface area contributed by atoms with Crippen molar-refractivity contribution in [1.82, 2.24) is 0 Å². The maximum Gasteiger partial charge on any atom is 0.317 e. The van der Waals surface area contributed by atoms with Crippen LogP contribution in [0.1, 0.15) is 27.2 Å². The highest BCUT2D eigenvalue weighted by atomic mass is 79.9. The van der Waals surface area contributed by atoms with Crippen molar-refractivity contribution in [2.75, 3.05) is 0 Å². The molecule has 2 nitrogen and oxygen atoms in total. The Kier molecular flexibility index (Phi) is 3.18. The SMILES string of the molecule is CC(C)(C)CC(=O)OBr. The predicted molar refractivity (Wildman–Crippen MR) is 39.1 cm³/mol. The highest BCUT2D eigenvalue weighted by Crippen LogP contribution is 2.19. The Balaban J connectivity index is 3.60. The molecule has 0 aromatic rings. The third-order valence-corrected chi connectivity index (χ3v) is 1.12. The molecule has 0 aliphatic carbocycles. The number of hydrogen-bond donors (Lipinski definition) is 0. The van der Waals surface area contributed by atoms with Crippen molar-refractivity contribution in [2.24, 2.45) is 5.41 Å². The summed E-state index contributed by atoms with van der Waals surface area (Å²) < 4.78 is 4.30. The largest absolute Gasteiger partial charge is 0.384 e. The van der Waals surface area contributed by atoms with E-state index >= 15 is 0 Å². The van der Waals surface area contributed by atoms with Gasteiger partial charge in [0.05, 0.1) is 6.42 Å². The van der Waals surface area contributed by atoms with Crippen molar-refractivity contribution in [1.29, 1.82) is 0 Å². The molecule has 0 atom stereocenters. The number of carbonyl (C=O) groups excluding carboxylic acids is 1. The fourth-order valence-corrected chi connectivity index (χ4v) is 0.575. The second kappa shape index (κ2) is 3.20. The standard InChI is InChI=1S/C6H11BrO2/c1-6(2,3)4-5(8)9-7/h4H2,1-3H3. The van der Waals surface area contributed by atoms with Crippen LogP contribution >= 0.6 is 16.3 Å². The highest BCUT2D eigenvalue weighted by Gasteiger charge is 2.16. The Morgan fingerprint density at radius 2 is 2.00 bits per heavy atom. The van der Waals surface area contributed by atoms with E-state index in [1.54, 1.807) is 0 Å². The summed E-state index contributed by atoms with van der Waals surface area (Å²) in [4.78, 5) is 10.6. The van der Waals surface area contributed by atoms with Gasteiger partial charge in [-0.3, -0.25) is 4.79 Å². The second-order valence-electron chi connectivity index (χ2n) is 3.19. The van der Waals surface area contributed by atoms with E-state index in [1.807, 2.05) is 20.8 Å². The average Bonchev–Trinajstić information content (AvgIpc) is 1.62. The highest BCUT2D eigenvalue weighted by molar-refractivity contribution is 9.06. The van der Waals surface area contributed by atoms with Crippen LogP contribution in [0.5, 0.6) is 0 Å². The van der Waals surface area contributed by atoms with Crippen LogP contribution in [0, 0.1) is 5.41 Å². The molecule has 0 aromatic heterocycles. The van der Waals surface area contributed by atoms with E-state index in [2.05, 4.69) is 20.1 Å². The third kappa shape index (κ3) is 5.83. The maximum absolute atomic E-state index is 10.6. The monoisotopic (exact) mass is 194 g/mol. The first-order chi connectivity index (χ1) is 3.95. The molecule has 0 unspecified atom stereocenters. The van der Waals surface area contributed by atoms with Gasteiger partial charge in [0.1, 0.15) is 0 Å². The van der Waals surface area contributed by atoms with E-state index in [4.69, 9.17) is 0 Å². The van der Waals surface area contributed by atoms with E-state index < -0.39 is 0 Å². The number of rotatable bonds is 1. The molecular weight excluding hydrogens is 184 g/mol. The average molecular weight is 195 g/mol. The second-order valence-corrected chi connectivity index (χ2v) is 3.51. The van der Waals surface area contributed by atoms with Gasteiger partial charge < -0.3 is 3.83 Å². The van der Waals surface area contributed by atoms with E-state index in [0.717, 1.165) is 0 Å². The smallest absolute Gasteiger partial charge is 0.317 e. The molecule has 0 aliphatic rings.